The van der Waals surface area contributed by atoms with E-state index in [0.717, 1.165) is 5.82 Å². The van der Waals surface area contributed by atoms with E-state index in [4.69, 9.17) is 0 Å². The lowest BCUT2D eigenvalue weighted by Gasteiger charge is -2.19. The summed E-state index contributed by atoms with van der Waals surface area (Å²) in [4.78, 5) is 15.6. The third-order valence-electron chi connectivity index (χ3n) is 3.32. The van der Waals surface area contributed by atoms with Crippen molar-refractivity contribution in [3.05, 3.63) is 34.4 Å². The summed E-state index contributed by atoms with van der Waals surface area (Å²) in [5.41, 5.74) is 0.491. The average molecular weight is 267 g/mol. The molecule has 1 aliphatic heterocycles. The van der Waals surface area contributed by atoms with Crippen molar-refractivity contribution in [2.75, 3.05) is 11.5 Å². The molecule has 6 nitrogen and oxygen atoms in total. The van der Waals surface area contributed by atoms with E-state index in [0.29, 0.717) is 18.5 Å². The Morgan fingerprint density at radius 2 is 2.06 bits per heavy atom. The molecular formula is C11H13N3O3S. The van der Waals surface area contributed by atoms with Gasteiger partial charge in [0.25, 0.3) is 0 Å². The van der Waals surface area contributed by atoms with Gasteiger partial charge < -0.3 is 0 Å². The molecule has 0 radical (unpaired) electrons. The fraction of sp³-hybridized carbons (Fsp3) is 0.455. The molecule has 0 atom stereocenters. The predicted molar refractivity (Wildman–Crippen MR) is 66.4 cm³/mol. The molecular weight excluding hydrogens is 254 g/mol. The fourth-order valence-electron chi connectivity index (χ4n) is 2.27. The highest BCUT2D eigenvalue weighted by Crippen LogP contribution is 2.26. The van der Waals surface area contributed by atoms with Crippen LogP contribution in [0.15, 0.2) is 23.1 Å². The molecule has 1 saturated heterocycles. The Bertz CT molecular complexity index is 730. The largest absolute Gasteiger partial charge is 0.290 e. The van der Waals surface area contributed by atoms with Crippen LogP contribution >= 0.6 is 0 Å². The van der Waals surface area contributed by atoms with Gasteiger partial charge >= 0.3 is 0 Å². The summed E-state index contributed by atoms with van der Waals surface area (Å²) in [5, 5.41) is 3.09. The lowest BCUT2D eigenvalue weighted by Crippen LogP contribution is -2.22. The van der Waals surface area contributed by atoms with Gasteiger partial charge in [0.05, 0.1) is 11.5 Å². The summed E-state index contributed by atoms with van der Waals surface area (Å²) in [6.45, 7) is 0. The number of rotatable bonds is 1. The Kier molecular flexibility index (Phi) is 2.51. The van der Waals surface area contributed by atoms with Crippen molar-refractivity contribution in [2.45, 2.75) is 18.8 Å². The van der Waals surface area contributed by atoms with Gasteiger partial charge in [0.1, 0.15) is 15.7 Å². The third-order valence-corrected chi connectivity index (χ3v) is 5.03. The van der Waals surface area contributed by atoms with Gasteiger partial charge in [-0.15, -0.1) is 0 Å². The van der Waals surface area contributed by atoms with Crippen LogP contribution in [0, 0.1) is 0 Å². The third kappa shape index (κ3) is 2.05. The molecule has 2 aromatic rings. The lowest BCUT2D eigenvalue weighted by molar-refractivity contribution is 0.537. The number of H-pyrrole nitrogens is 1. The Morgan fingerprint density at radius 1 is 1.33 bits per heavy atom. The molecule has 2 aromatic heterocycles. The van der Waals surface area contributed by atoms with E-state index >= 15 is 0 Å². The second kappa shape index (κ2) is 3.94. The topological polar surface area (TPSA) is 84.3 Å². The SMILES string of the molecule is O=c1ccn2[nH]c(C3CCS(=O)(=O)CC3)nc2c1. The molecule has 0 bridgehead atoms. The van der Waals surface area contributed by atoms with Gasteiger partial charge in [0, 0.05) is 24.2 Å². The first-order valence-corrected chi connectivity index (χ1v) is 7.64. The summed E-state index contributed by atoms with van der Waals surface area (Å²) in [6, 6.07) is 2.92. The Morgan fingerprint density at radius 3 is 2.78 bits per heavy atom. The Labute approximate surface area is 104 Å². The predicted octanol–water partition coefficient (Wildman–Crippen LogP) is 0.315. The number of hydrogen-bond acceptors (Lipinski definition) is 4. The van der Waals surface area contributed by atoms with Crippen LogP contribution in [-0.4, -0.2) is 34.5 Å². The van der Waals surface area contributed by atoms with E-state index < -0.39 is 9.84 Å². The van der Waals surface area contributed by atoms with Gasteiger partial charge in [-0.25, -0.2) is 17.9 Å². The van der Waals surface area contributed by atoms with Gasteiger partial charge in [0.2, 0.25) is 0 Å². The van der Waals surface area contributed by atoms with Crippen LogP contribution in [0.3, 0.4) is 0 Å². The maximum Gasteiger partial charge on any atom is 0.183 e. The van der Waals surface area contributed by atoms with Gasteiger partial charge in [0.15, 0.2) is 11.1 Å². The molecule has 1 N–H and O–H groups in total. The molecule has 0 saturated carbocycles. The fourth-order valence-corrected chi connectivity index (χ4v) is 3.76. The molecule has 0 amide bonds. The number of aromatic amines is 1. The number of nitrogens with zero attached hydrogens (tertiary/aromatic N) is 2. The van der Waals surface area contributed by atoms with Crippen molar-refractivity contribution >= 4 is 15.5 Å². The number of hydrogen-bond donors (Lipinski definition) is 1. The highest BCUT2D eigenvalue weighted by atomic mass is 32.2. The average Bonchev–Trinajstić information content (AvgIpc) is 2.71. The minimum atomic E-state index is -2.86. The molecule has 18 heavy (non-hydrogen) atoms. The number of aromatic nitrogens is 3. The van der Waals surface area contributed by atoms with Crippen LogP contribution in [0.4, 0.5) is 0 Å². The highest BCUT2D eigenvalue weighted by molar-refractivity contribution is 7.91. The number of pyridine rings is 1. The first-order chi connectivity index (χ1) is 8.53. The highest BCUT2D eigenvalue weighted by Gasteiger charge is 2.26. The number of nitrogens with one attached hydrogen (secondary N) is 1. The molecule has 0 aliphatic carbocycles. The second-order valence-electron chi connectivity index (χ2n) is 4.63. The van der Waals surface area contributed by atoms with Crippen molar-refractivity contribution < 1.29 is 8.42 Å². The molecule has 3 rings (SSSR count). The van der Waals surface area contributed by atoms with Crippen LogP contribution in [-0.2, 0) is 9.84 Å². The summed E-state index contributed by atoms with van der Waals surface area (Å²) in [7, 11) is -2.86. The zero-order chi connectivity index (χ0) is 12.8. The standard InChI is InChI=1S/C11H13N3O3S/c15-9-1-4-14-10(7-9)12-11(13-14)8-2-5-18(16,17)6-3-8/h1,4,7-8H,2-3,5-6H2,(H,12,13). The van der Waals surface area contributed by atoms with Gasteiger partial charge in [-0.05, 0) is 12.8 Å². The molecule has 3 heterocycles. The number of fused-ring (bicyclic) bond motifs is 1. The summed E-state index contributed by atoms with van der Waals surface area (Å²) >= 11 is 0. The van der Waals surface area contributed by atoms with Gasteiger partial charge in [-0.1, -0.05) is 0 Å². The zero-order valence-corrected chi connectivity index (χ0v) is 10.5. The molecule has 96 valence electrons. The Hall–Kier alpha value is -1.63. The lowest BCUT2D eigenvalue weighted by atomic mass is 10.0. The van der Waals surface area contributed by atoms with E-state index in [1.165, 1.54) is 12.1 Å². The maximum absolute atomic E-state index is 11.4. The van der Waals surface area contributed by atoms with E-state index in [9.17, 15) is 13.2 Å². The van der Waals surface area contributed by atoms with Gasteiger partial charge in [-0.2, -0.15) is 0 Å². The monoisotopic (exact) mass is 267 g/mol. The van der Waals surface area contributed by atoms with Crippen molar-refractivity contribution in [1.82, 2.24) is 14.6 Å². The van der Waals surface area contributed by atoms with Crippen LogP contribution in [0.2, 0.25) is 0 Å². The van der Waals surface area contributed by atoms with Gasteiger partial charge in [-0.3, -0.25) is 9.89 Å². The minimum Gasteiger partial charge on any atom is -0.290 e. The first kappa shape index (κ1) is 11.5. The second-order valence-corrected chi connectivity index (χ2v) is 6.93. The van der Waals surface area contributed by atoms with Crippen LogP contribution in [0.1, 0.15) is 24.6 Å². The van der Waals surface area contributed by atoms with Crippen LogP contribution in [0.5, 0.6) is 0 Å². The van der Waals surface area contributed by atoms with Crippen molar-refractivity contribution in [3.63, 3.8) is 0 Å². The van der Waals surface area contributed by atoms with E-state index in [-0.39, 0.29) is 22.9 Å². The molecule has 1 aliphatic rings. The summed E-state index contributed by atoms with van der Waals surface area (Å²) < 4.78 is 24.4. The molecule has 0 unspecified atom stereocenters. The molecule has 0 aromatic carbocycles. The smallest absolute Gasteiger partial charge is 0.183 e. The van der Waals surface area contributed by atoms with Crippen molar-refractivity contribution in [3.8, 4) is 0 Å². The number of sulfone groups is 1. The quantitative estimate of drug-likeness (QED) is 0.806. The normalized spacial score (nSPS) is 20.2. The van der Waals surface area contributed by atoms with E-state index in [2.05, 4.69) is 10.1 Å². The van der Waals surface area contributed by atoms with Crippen molar-refractivity contribution in [1.29, 1.82) is 0 Å². The van der Waals surface area contributed by atoms with Crippen LogP contribution < -0.4 is 5.43 Å². The molecule has 0 spiro atoms. The van der Waals surface area contributed by atoms with Crippen molar-refractivity contribution in [2.24, 2.45) is 0 Å². The first-order valence-electron chi connectivity index (χ1n) is 5.82. The Balaban J connectivity index is 1.93. The summed E-state index contributed by atoms with van der Waals surface area (Å²) in [5.74, 6) is 1.32. The van der Waals surface area contributed by atoms with E-state index in [1.807, 2.05) is 0 Å². The minimum absolute atomic E-state index is 0.0840. The van der Waals surface area contributed by atoms with E-state index in [1.54, 1.807) is 10.7 Å². The summed E-state index contributed by atoms with van der Waals surface area (Å²) in [6.07, 6.45) is 2.81. The molecule has 7 heteroatoms. The maximum atomic E-state index is 11.4. The zero-order valence-electron chi connectivity index (χ0n) is 9.67. The van der Waals surface area contributed by atoms with Crippen LogP contribution in [0.25, 0.3) is 5.65 Å². The molecule has 1 fully saturated rings.